The molecular weight excluding hydrogens is 266 g/mol. The van der Waals surface area contributed by atoms with Crippen LogP contribution in [-0.4, -0.2) is 17.0 Å². The number of carbonyl (C=O) groups is 2. The van der Waals surface area contributed by atoms with Gasteiger partial charge in [-0.05, 0) is 30.5 Å². The molecule has 1 aliphatic carbocycles. The van der Waals surface area contributed by atoms with E-state index in [2.05, 4.69) is 0 Å². The van der Waals surface area contributed by atoms with Crippen LogP contribution in [0.4, 0.5) is 0 Å². The zero-order valence-electron chi connectivity index (χ0n) is 10.5. The summed E-state index contributed by atoms with van der Waals surface area (Å²) in [6.07, 6.45) is 3.96. The molecule has 0 heterocycles. The van der Waals surface area contributed by atoms with Crippen molar-refractivity contribution in [3.05, 3.63) is 34.3 Å². The van der Waals surface area contributed by atoms with Crippen LogP contribution in [-0.2, 0) is 10.2 Å². The molecule has 1 saturated carbocycles. The van der Waals surface area contributed by atoms with Gasteiger partial charge in [0.2, 0.25) is 5.91 Å². The summed E-state index contributed by atoms with van der Waals surface area (Å²) in [5.41, 5.74) is 5.15. The number of primary amides is 1. The van der Waals surface area contributed by atoms with Crippen molar-refractivity contribution in [1.82, 2.24) is 0 Å². The van der Waals surface area contributed by atoms with Crippen molar-refractivity contribution in [2.75, 3.05) is 0 Å². The van der Waals surface area contributed by atoms with Crippen LogP contribution in [0.25, 0.3) is 0 Å². The Kier molecular flexibility index (Phi) is 3.80. The summed E-state index contributed by atoms with van der Waals surface area (Å²) in [5, 5.41) is 9.90. The van der Waals surface area contributed by atoms with Crippen molar-refractivity contribution in [1.29, 1.82) is 0 Å². The Morgan fingerprint density at radius 1 is 1.21 bits per heavy atom. The van der Waals surface area contributed by atoms with Gasteiger partial charge in [0.25, 0.3) is 0 Å². The molecule has 3 N–H and O–H groups in total. The maximum Gasteiger partial charge on any atom is 0.314 e. The number of nitrogens with two attached hydrogens (primary N) is 1. The van der Waals surface area contributed by atoms with Crippen molar-refractivity contribution in [3.63, 3.8) is 0 Å². The highest BCUT2D eigenvalue weighted by Gasteiger charge is 2.42. The fourth-order valence-electron chi connectivity index (χ4n) is 2.81. The number of halogens is 1. The van der Waals surface area contributed by atoms with Crippen LogP contribution in [0.15, 0.2) is 18.2 Å². The van der Waals surface area contributed by atoms with Gasteiger partial charge in [0.1, 0.15) is 0 Å². The number of hydrogen-bond donors (Lipinski definition) is 2. The third-order valence-electron chi connectivity index (χ3n) is 3.89. The summed E-state index contributed by atoms with van der Waals surface area (Å²) in [4.78, 5) is 22.8. The van der Waals surface area contributed by atoms with Crippen LogP contribution in [0.3, 0.4) is 0 Å². The predicted octanol–water partition coefficient (Wildman–Crippen LogP) is 2.73. The molecule has 0 spiro atoms. The minimum atomic E-state index is -0.925. The number of carbonyl (C=O) groups excluding carboxylic acids is 1. The Bertz CT molecular complexity index is 521. The second-order valence-corrected chi connectivity index (χ2v) is 5.41. The first-order chi connectivity index (χ1) is 8.97. The first-order valence-electron chi connectivity index (χ1n) is 6.30. The second-order valence-electron chi connectivity index (χ2n) is 5.01. The molecular formula is C14H16ClNO3. The van der Waals surface area contributed by atoms with E-state index in [1.165, 1.54) is 6.07 Å². The van der Waals surface area contributed by atoms with Crippen molar-refractivity contribution < 1.29 is 14.7 Å². The number of amides is 1. The summed E-state index contributed by atoms with van der Waals surface area (Å²) in [6.45, 7) is 0. The molecule has 1 amide bonds. The van der Waals surface area contributed by atoms with Gasteiger partial charge in [-0.15, -0.1) is 0 Å². The maximum absolute atomic E-state index is 11.7. The topological polar surface area (TPSA) is 80.4 Å². The zero-order chi connectivity index (χ0) is 14.0. The van der Waals surface area contributed by atoms with E-state index in [1.807, 2.05) is 0 Å². The lowest BCUT2D eigenvalue weighted by Crippen LogP contribution is -2.38. The van der Waals surface area contributed by atoms with Crippen LogP contribution in [0.5, 0.6) is 0 Å². The quantitative estimate of drug-likeness (QED) is 0.894. The van der Waals surface area contributed by atoms with Gasteiger partial charge in [-0.3, -0.25) is 9.59 Å². The predicted molar refractivity (Wildman–Crippen MR) is 72.4 cm³/mol. The summed E-state index contributed by atoms with van der Waals surface area (Å²) >= 11 is 6.17. The Morgan fingerprint density at radius 2 is 1.84 bits per heavy atom. The molecule has 1 aromatic carbocycles. The smallest absolute Gasteiger partial charge is 0.314 e. The molecule has 4 nitrogen and oxygen atoms in total. The van der Waals surface area contributed by atoms with E-state index in [-0.39, 0.29) is 0 Å². The Hall–Kier alpha value is -1.55. The molecule has 1 fully saturated rings. The van der Waals surface area contributed by atoms with Gasteiger partial charge in [-0.25, -0.2) is 0 Å². The molecule has 102 valence electrons. The first kappa shape index (κ1) is 13.9. The van der Waals surface area contributed by atoms with Crippen LogP contribution >= 0.6 is 11.6 Å². The second kappa shape index (κ2) is 5.21. The number of aliphatic carboxylic acids is 1. The van der Waals surface area contributed by atoms with Crippen molar-refractivity contribution in [2.45, 2.75) is 37.5 Å². The van der Waals surface area contributed by atoms with Crippen LogP contribution in [0.2, 0.25) is 5.02 Å². The molecule has 1 aromatic rings. The van der Waals surface area contributed by atoms with Gasteiger partial charge >= 0.3 is 5.97 Å². The van der Waals surface area contributed by atoms with Crippen LogP contribution in [0.1, 0.15) is 48.0 Å². The summed E-state index contributed by atoms with van der Waals surface area (Å²) in [6, 6.07) is 4.63. The Morgan fingerprint density at radius 3 is 2.32 bits per heavy atom. The molecule has 0 aliphatic heterocycles. The molecule has 0 unspecified atom stereocenters. The van der Waals surface area contributed by atoms with E-state index in [1.54, 1.807) is 12.1 Å². The van der Waals surface area contributed by atoms with Gasteiger partial charge in [-0.2, -0.15) is 0 Å². The molecule has 5 heteroatoms. The molecule has 0 atom stereocenters. The van der Waals surface area contributed by atoms with Crippen molar-refractivity contribution >= 4 is 23.5 Å². The SMILES string of the molecule is NC(=O)c1ccc(C2(C(=O)O)CCCCC2)c(Cl)c1. The number of carboxylic acid groups (broad SMARTS) is 1. The lowest BCUT2D eigenvalue weighted by atomic mass is 9.69. The largest absolute Gasteiger partial charge is 0.481 e. The third kappa shape index (κ3) is 2.45. The lowest BCUT2D eigenvalue weighted by Gasteiger charge is -2.34. The minimum Gasteiger partial charge on any atom is -0.481 e. The third-order valence-corrected chi connectivity index (χ3v) is 4.20. The molecule has 2 rings (SSSR count). The summed E-state index contributed by atoms with van der Waals surface area (Å²) < 4.78 is 0. The number of hydrogen-bond acceptors (Lipinski definition) is 2. The number of benzene rings is 1. The van der Waals surface area contributed by atoms with Gasteiger partial charge < -0.3 is 10.8 Å². The Labute approximate surface area is 116 Å². The highest BCUT2D eigenvalue weighted by molar-refractivity contribution is 6.32. The average Bonchev–Trinajstić information content (AvgIpc) is 2.39. The average molecular weight is 282 g/mol. The van der Waals surface area contributed by atoms with Gasteiger partial charge in [0, 0.05) is 10.6 Å². The number of carboxylic acids is 1. The Balaban J connectivity index is 2.48. The van der Waals surface area contributed by atoms with E-state index in [0.29, 0.717) is 29.0 Å². The number of rotatable bonds is 3. The lowest BCUT2D eigenvalue weighted by molar-refractivity contribution is -0.145. The molecule has 19 heavy (non-hydrogen) atoms. The minimum absolute atomic E-state index is 0.296. The van der Waals surface area contributed by atoms with Gasteiger partial charge in [0.15, 0.2) is 0 Å². The van der Waals surface area contributed by atoms with Crippen LogP contribution < -0.4 is 5.73 Å². The van der Waals surface area contributed by atoms with E-state index in [0.717, 1.165) is 19.3 Å². The molecule has 1 aliphatic rings. The van der Waals surface area contributed by atoms with E-state index in [4.69, 9.17) is 17.3 Å². The van der Waals surface area contributed by atoms with Crippen LogP contribution in [0, 0.1) is 0 Å². The zero-order valence-corrected chi connectivity index (χ0v) is 11.2. The highest BCUT2D eigenvalue weighted by Crippen LogP contribution is 2.42. The molecule has 0 bridgehead atoms. The normalized spacial score (nSPS) is 17.9. The van der Waals surface area contributed by atoms with E-state index in [9.17, 15) is 14.7 Å². The molecule has 0 aromatic heterocycles. The van der Waals surface area contributed by atoms with Gasteiger partial charge in [0.05, 0.1) is 5.41 Å². The van der Waals surface area contributed by atoms with E-state index < -0.39 is 17.3 Å². The summed E-state index contributed by atoms with van der Waals surface area (Å²) in [5.74, 6) is -1.41. The fourth-order valence-corrected chi connectivity index (χ4v) is 3.17. The first-order valence-corrected chi connectivity index (χ1v) is 6.68. The van der Waals surface area contributed by atoms with Crippen molar-refractivity contribution in [3.8, 4) is 0 Å². The maximum atomic E-state index is 11.7. The highest BCUT2D eigenvalue weighted by atomic mass is 35.5. The standard InChI is InChI=1S/C14H16ClNO3/c15-11-8-9(12(16)17)4-5-10(11)14(13(18)19)6-2-1-3-7-14/h4-5,8H,1-3,6-7H2,(H2,16,17)(H,18,19). The molecule has 0 radical (unpaired) electrons. The fraction of sp³-hybridized carbons (Fsp3) is 0.429. The molecule has 0 saturated heterocycles. The van der Waals surface area contributed by atoms with E-state index >= 15 is 0 Å². The monoisotopic (exact) mass is 281 g/mol. The van der Waals surface area contributed by atoms with Crippen molar-refractivity contribution in [2.24, 2.45) is 5.73 Å². The van der Waals surface area contributed by atoms with Gasteiger partial charge in [-0.1, -0.05) is 36.9 Å². The summed E-state index contributed by atoms with van der Waals surface area (Å²) in [7, 11) is 0.